The SMILES string of the molecule is N#CC1CCCC1N1CCN(C2CC2)CC1. The molecule has 3 rings (SSSR count). The molecule has 0 spiro atoms. The van der Waals surface area contributed by atoms with E-state index in [4.69, 9.17) is 5.26 Å². The second-order valence-corrected chi connectivity index (χ2v) is 5.54. The van der Waals surface area contributed by atoms with Gasteiger partial charge in [-0.15, -0.1) is 0 Å². The fraction of sp³-hybridized carbons (Fsp3) is 0.923. The van der Waals surface area contributed by atoms with Crippen LogP contribution in [0.3, 0.4) is 0 Å². The summed E-state index contributed by atoms with van der Waals surface area (Å²) in [7, 11) is 0. The molecule has 1 aliphatic heterocycles. The van der Waals surface area contributed by atoms with Crippen LogP contribution in [-0.4, -0.2) is 48.1 Å². The first-order valence-electron chi connectivity index (χ1n) is 6.76. The molecule has 88 valence electrons. The van der Waals surface area contributed by atoms with E-state index in [1.165, 1.54) is 51.9 Å². The molecule has 2 atom stereocenters. The minimum atomic E-state index is 0.312. The van der Waals surface area contributed by atoms with Crippen LogP contribution in [0.1, 0.15) is 32.1 Å². The van der Waals surface area contributed by atoms with Crippen molar-refractivity contribution in [3.8, 4) is 6.07 Å². The summed E-state index contributed by atoms with van der Waals surface area (Å²) in [5.74, 6) is 0.312. The Balaban J connectivity index is 1.54. The van der Waals surface area contributed by atoms with Crippen LogP contribution in [0, 0.1) is 17.2 Å². The minimum Gasteiger partial charge on any atom is -0.298 e. The summed E-state index contributed by atoms with van der Waals surface area (Å²) in [4.78, 5) is 5.23. The Morgan fingerprint density at radius 3 is 2.19 bits per heavy atom. The number of hydrogen-bond acceptors (Lipinski definition) is 3. The fourth-order valence-electron chi connectivity index (χ4n) is 3.40. The van der Waals surface area contributed by atoms with E-state index in [2.05, 4.69) is 15.9 Å². The van der Waals surface area contributed by atoms with Crippen molar-refractivity contribution in [1.82, 2.24) is 9.80 Å². The molecule has 1 heterocycles. The van der Waals surface area contributed by atoms with E-state index in [0.717, 1.165) is 12.5 Å². The van der Waals surface area contributed by atoms with Crippen molar-refractivity contribution in [2.75, 3.05) is 26.2 Å². The van der Waals surface area contributed by atoms with Crippen LogP contribution in [-0.2, 0) is 0 Å². The number of piperazine rings is 1. The lowest BCUT2D eigenvalue weighted by Crippen LogP contribution is -2.51. The molecule has 0 aromatic rings. The van der Waals surface area contributed by atoms with E-state index < -0.39 is 0 Å². The summed E-state index contributed by atoms with van der Waals surface area (Å²) in [5.41, 5.74) is 0. The predicted molar refractivity (Wildman–Crippen MR) is 62.9 cm³/mol. The zero-order chi connectivity index (χ0) is 11.0. The summed E-state index contributed by atoms with van der Waals surface area (Å²) in [6.45, 7) is 4.86. The van der Waals surface area contributed by atoms with Gasteiger partial charge in [0.15, 0.2) is 0 Å². The highest BCUT2D eigenvalue weighted by atomic mass is 15.3. The molecule has 3 nitrogen and oxygen atoms in total. The topological polar surface area (TPSA) is 30.3 Å². The molecule has 2 saturated carbocycles. The normalized spacial score (nSPS) is 37.4. The van der Waals surface area contributed by atoms with Crippen molar-refractivity contribution in [3.05, 3.63) is 0 Å². The Morgan fingerprint density at radius 1 is 0.875 bits per heavy atom. The quantitative estimate of drug-likeness (QED) is 0.704. The molecule has 0 aromatic carbocycles. The lowest BCUT2D eigenvalue weighted by molar-refractivity contribution is 0.0839. The van der Waals surface area contributed by atoms with Gasteiger partial charge in [-0.3, -0.25) is 9.80 Å². The lowest BCUT2D eigenvalue weighted by Gasteiger charge is -2.39. The summed E-state index contributed by atoms with van der Waals surface area (Å²) in [6.07, 6.45) is 6.48. The van der Waals surface area contributed by atoms with Gasteiger partial charge in [-0.1, -0.05) is 6.42 Å². The average molecular weight is 219 g/mol. The van der Waals surface area contributed by atoms with Gasteiger partial charge in [-0.2, -0.15) is 5.26 Å². The maximum absolute atomic E-state index is 9.13. The second kappa shape index (κ2) is 4.35. The number of rotatable bonds is 2. The van der Waals surface area contributed by atoms with Crippen molar-refractivity contribution in [2.45, 2.75) is 44.2 Å². The van der Waals surface area contributed by atoms with Crippen LogP contribution in [0.5, 0.6) is 0 Å². The van der Waals surface area contributed by atoms with Crippen LogP contribution in [0.25, 0.3) is 0 Å². The number of nitrogens with zero attached hydrogens (tertiary/aromatic N) is 3. The monoisotopic (exact) mass is 219 g/mol. The lowest BCUT2D eigenvalue weighted by atomic mass is 10.0. The Bertz CT molecular complexity index is 284. The summed E-state index contributed by atoms with van der Waals surface area (Å²) >= 11 is 0. The van der Waals surface area contributed by atoms with Crippen molar-refractivity contribution in [1.29, 1.82) is 5.26 Å². The van der Waals surface area contributed by atoms with Gasteiger partial charge in [0.1, 0.15) is 0 Å². The van der Waals surface area contributed by atoms with Gasteiger partial charge in [-0.25, -0.2) is 0 Å². The Hall–Kier alpha value is -0.590. The zero-order valence-electron chi connectivity index (χ0n) is 9.94. The maximum atomic E-state index is 9.13. The Morgan fingerprint density at radius 2 is 1.56 bits per heavy atom. The molecule has 2 aliphatic carbocycles. The molecule has 0 radical (unpaired) electrons. The van der Waals surface area contributed by atoms with E-state index in [-0.39, 0.29) is 0 Å². The van der Waals surface area contributed by atoms with Crippen LogP contribution in [0.4, 0.5) is 0 Å². The second-order valence-electron chi connectivity index (χ2n) is 5.54. The van der Waals surface area contributed by atoms with Crippen LogP contribution < -0.4 is 0 Å². The van der Waals surface area contributed by atoms with Crippen molar-refractivity contribution in [3.63, 3.8) is 0 Å². The predicted octanol–water partition coefficient (Wildman–Crippen LogP) is 1.46. The third kappa shape index (κ3) is 1.97. The average Bonchev–Trinajstić information content (AvgIpc) is 3.07. The molecule has 1 saturated heterocycles. The van der Waals surface area contributed by atoms with Gasteiger partial charge in [-0.05, 0) is 25.7 Å². The van der Waals surface area contributed by atoms with Gasteiger partial charge in [0.2, 0.25) is 0 Å². The Labute approximate surface area is 98.0 Å². The van der Waals surface area contributed by atoms with Crippen molar-refractivity contribution in [2.24, 2.45) is 5.92 Å². The first-order chi connectivity index (χ1) is 7.88. The van der Waals surface area contributed by atoms with Gasteiger partial charge in [0.25, 0.3) is 0 Å². The van der Waals surface area contributed by atoms with Crippen LogP contribution in [0.2, 0.25) is 0 Å². The fourth-order valence-corrected chi connectivity index (χ4v) is 3.40. The third-order valence-corrected chi connectivity index (χ3v) is 4.53. The zero-order valence-corrected chi connectivity index (χ0v) is 9.94. The molecule has 16 heavy (non-hydrogen) atoms. The molecule has 3 aliphatic rings. The molecular weight excluding hydrogens is 198 g/mol. The molecule has 3 heteroatoms. The Kier molecular flexibility index (Phi) is 2.87. The standard InChI is InChI=1S/C13H21N3/c14-10-11-2-1-3-13(11)16-8-6-15(7-9-16)12-4-5-12/h11-13H,1-9H2. The number of nitriles is 1. The molecule has 0 bridgehead atoms. The van der Waals surface area contributed by atoms with Gasteiger partial charge >= 0.3 is 0 Å². The van der Waals surface area contributed by atoms with E-state index in [1.54, 1.807) is 0 Å². The number of hydrogen-bond donors (Lipinski definition) is 0. The molecule has 0 aromatic heterocycles. The smallest absolute Gasteiger partial charge is 0.0672 e. The molecule has 0 N–H and O–H groups in total. The van der Waals surface area contributed by atoms with Gasteiger partial charge in [0, 0.05) is 38.3 Å². The highest BCUT2D eigenvalue weighted by Crippen LogP contribution is 2.32. The van der Waals surface area contributed by atoms with E-state index >= 15 is 0 Å². The largest absolute Gasteiger partial charge is 0.298 e. The van der Waals surface area contributed by atoms with Crippen LogP contribution in [0.15, 0.2) is 0 Å². The van der Waals surface area contributed by atoms with Crippen molar-refractivity contribution >= 4 is 0 Å². The van der Waals surface area contributed by atoms with E-state index in [1.807, 2.05) is 0 Å². The highest BCUT2D eigenvalue weighted by Gasteiger charge is 2.36. The molecule has 2 unspecified atom stereocenters. The summed E-state index contributed by atoms with van der Waals surface area (Å²) in [5, 5.41) is 9.13. The first-order valence-corrected chi connectivity index (χ1v) is 6.76. The minimum absolute atomic E-state index is 0.312. The van der Waals surface area contributed by atoms with Gasteiger partial charge < -0.3 is 0 Å². The first kappa shape index (κ1) is 10.6. The van der Waals surface area contributed by atoms with Crippen molar-refractivity contribution < 1.29 is 0 Å². The summed E-state index contributed by atoms with van der Waals surface area (Å²) in [6, 6.07) is 3.99. The van der Waals surface area contributed by atoms with E-state index in [0.29, 0.717) is 12.0 Å². The maximum Gasteiger partial charge on any atom is 0.0672 e. The highest BCUT2D eigenvalue weighted by molar-refractivity contribution is 4.99. The molecule has 3 fully saturated rings. The van der Waals surface area contributed by atoms with Gasteiger partial charge in [0.05, 0.1) is 12.0 Å². The van der Waals surface area contributed by atoms with Crippen LogP contribution >= 0.6 is 0 Å². The molecule has 0 amide bonds. The molecular formula is C13H21N3. The summed E-state index contributed by atoms with van der Waals surface area (Å²) < 4.78 is 0. The third-order valence-electron chi connectivity index (χ3n) is 4.53. The van der Waals surface area contributed by atoms with E-state index in [9.17, 15) is 0 Å².